The molecular formula is C23H29IN4O3S. The van der Waals surface area contributed by atoms with Gasteiger partial charge in [0.15, 0.2) is 5.96 Å². The normalized spacial score (nSPS) is 15.9. The number of aryl methyl sites for hydroxylation is 1. The highest BCUT2D eigenvalue weighted by Gasteiger charge is 2.18. The molecule has 0 bridgehead atoms. The summed E-state index contributed by atoms with van der Waals surface area (Å²) >= 11 is 1.61. The Kier molecular flexibility index (Phi) is 9.36. The van der Waals surface area contributed by atoms with E-state index in [9.17, 15) is 0 Å². The first-order chi connectivity index (χ1) is 15.2. The highest BCUT2D eigenvalue weighted by Crippen LogP contribution is 2.25. The third-order valence-corrected chi connectivity index (χ3v) is 5.73. The zero-order valence-corrected chi connectivity index (χ0v) is 21.4. The fourth-order valence-corrected chi connectivity index (χ4v) is 3.92. The Morgan fingerprint density at radius 1 is 1.31 bits per heavy atom. The van der Waals surface area contributed by atoms with E-state index in [1.807, 2.05) is 24.4 Å². The third-order valence-electron chi connectivity index (χ3n) is 4.88. The first-order valence-corrected chi connectivity index (χ1v) is 11.4. The van der Waals surface area contributed by atoms with Gasteiger partial charge in [-0.2, -0.15) is 0 Å². The van der Waals surface area contributed by atoms with Crippen molar-refractivity contribution in [2.24, 2.45) is 4.99 Å². The minimum absolute atomic E-state index is 0. The molecule has 1 fully saturated rings. The molecule has 1 aliphatic heterocycles. The van der Waals surface area contributed by atoms with Crippen LogP contribution < -0.4 is 15.4 Å². The first-order valence-electron chi connectivity index (χ1n) is 10.6. The highest BCUT2D eigenvalue weighted by atomic mass is 127. The summed E-state index contributed by atoms with van der Waals surface area (Å²) in [5.41, 5.74) is 3.05. The lowest BCUT2D eigenvalue weighted by molar-refractivity contribution is 0.140. The largest absolute Gasteiger partial charge is 0.488 e. The van der Waals surface area contributed by atoms with Gasteiger partial charge in [-0.05, 0) is 36.9 Å². The summed E-state index contributed by atoms with van der Waals surface area (Å²) < 4.78 is 17.2. The van der Waals surface area contributed by atoms with Crippen molar-refractivity contribution in [2.75, 3.05) is 19.8 Å². The van der Waals surface area contributed by atoms with E-state index in [1.54, 1.807) is 17.6 Å². The maximum Gasteiger partial charge on any atom is 0.236 e. The van der Waals surface area contributed by atoms with Crippen molar-refractivity contribution in [1.82, 2.24) is 15.6 Å². The van der Waals surface area contributed by atoms with Crippen LogP contribution in [0.4, 0.5) is 0 Å². The summed E-state index contributed by atoms with van der Waals surface area (Å²) in [4.78, 5) is 10.3. The van der Waals surface area contributed by atoms with Gasteiger partial charge in [0.25, 0.3) is 0 Å². The Labute approximate surface area is 209 Å². The number of hydrogen-bond donors (Lipinski definition) is 2. The molecule has 2 N–H and O–H groups in total. The molecule has 4 rings (SSSR count). The lowest BCUT2D eigenvalue weighted by atomic mass is 10.1. The number of ether oxygens (including phenoxy) is 2. The highest BCUT2D eigenvalue weighted by molar-refractivity contribution is 14.0. The van der Waals surface area contributed by atoms with Crippen molar-refractivity contribution >= 4 is 41.3 Å². The molecule has 0 radical (unpaired) electrons. The maximum atomic E-state index is 6.19. The topological polar surface area (TPSA) is 80.9 Å². The Morgan fingerprint density at radius 2 is 2.22 bits per heavy atom. The molecule has 3 aromatic rings. The minimum atomic E-state index is 0. The van der Waals surface area contributed by atoms with Gasteiger partial charge < -0.3 is 24.5 Å². The number of halogens is 1. The maximum absolute atomic E-state index is 6.19. The van der Waals surface area contributed by atoms with E-state index in [-0.39, 0.29) is 30.1 Å². The molecule has 1 aromatic carbocycles. The SMILES string of the molecule is CCNC(=NCc1ccc(C)cc1OC1CCOC1)NCc1coc(-c2cccs2)n1.I. The van der Waals surface area contributed by atoms with Gasteiger partial charge in [-0.25, -0.2) is 9.98 Å². The van der Waals surface area contributed by atoms with Crippen LogP contribution in [0.25, 0.3) is 10.8 Å². The van der Waals surface area contributed by atoms with Crippen molar-refractivity contribution in [2.45, 2.75) is 39.5 Å². The second-order valence-corrected chi connectivity index (χ2v) is 8.33. The van der Waals surface area contributed by atoms with Crippen LogP contribution in [0.1, 0.15) is 30.2 Å². The van der Waals surface area contributed by atoms with E-state index in [0.717, 1.165) is 47.4 Å². The van der Waals surface area contributed by atoms with Crippen LogP contribution in [-0.2, 0) is 17.8 Å². The number of aliphatic imine (C=N–C) groups is 1. The lowest BCUT2D eigenvalue weighted by Crippen LogP contribution is -2.36. The van der Waals surface area contributed by atoms with Crippen LogP contribution in [0.3, 0.4) is 0 Å². The monoisotopic (exact) mass is 568 g/mol. The van der Waals surface area contributed by atoms with E-state index in [1.165, 1.54) is 5.56 Å². The molecule has 9 heteroatoms. The van der Waals surface area contributed by atoms with Crippen molar-refractivity contribution < 1.29 is 13.9 Å². The van der Waals surface area contributed by atoms with Gasteiger partial charge in [0.1, 0.15) is 18.1 Å². The quantitative estimate of drug-likeness (QED) is 0.232. The molecule has 172 valence electrons. The van der Waals surface area contributed by atoms with E-state index >= 15 is 0 Å². The molecular weight excluding hydrogens is 539 g/mol. The fourth-order valence-electron chi connectivity index (χ4n) is 3.27. The smallest absolute Gasteiger partial charge is 0.236 e. The molecule has 1 aliphatic rings. The summed E-state index contributed by atoms with van der Waals surface area (Å²) in [5.74, 6) is 2.25. The van der Waals surface area contributed by atoms with E-state index in [0.29, 0.717) is 25.6 Å². The van der Waals surface area contributed by atoms with E-state index in [2.05, 4.69) is 40.7 Å². The number of nitrogens with one attached hydrogen (secondary N) is 2. The average molecular weight is 568 g/mol. The number of aromatic nitrogens is 1. The summed E-state index contributed by atoms with van der Waals surface area (Å²) in [6, 6.07) is 10.2. The van der Waals surface area contributed by atoms with Crippen LogP contribution in [-0.4, -0.2) is 36.8 Å². The zero-order valence-electron chi connectivity index (χ0n) is 18.3. The van der Waals surface area contributed by atoms with Gasteiger partial charge in [-0.1, -0.05) is 18.2 Å². The van der Waals surface area contributed by atoms with Gasteiger partial charge >= 0.3 is 0 Å². The molecule has 2 aromatic heterocycles. The predicted octanol–water partition coefficient (Wildman–Crippen LogP) is 4.75. The molecule has 0 spiro atoms. The zero-order chi connectivity index (χ0) is 21.5. The summed E-state index contributed by atoms with van der Waals surface area (Å²) in [6.07, 6.45) is 2.72. The molecule has 32 heavy (non-hydrogen) atoms. The Balaban J connectivity index is 0.00000289. The lowest BCUT2D eigenvalue weighted by Gasteiger charge is -2.16. The summed E-state index contributed by atoms with van der Waals surface area (Å²) in [5, 5.41) is 8.62. The predicted molar refractivity (Wildman–Crippen MR) is 138 cm³/mol. The number of hydrogen-bond acceptors (Lipinski definition) is 6. The second-order valence-electron chi connectivity index (χ2n) is 7.38. The number of rotatable bonds is 8. The minimum Gasteiger partial charge on any atom is -0.488 e. The van der Waals surface area contributed by atoms with Gasteiger partial charge in [-0.15, -0.1) is 35.3 Å². The van der Waals surface area contributed by atoms with Gasteiger partial charge in [-0.3, -0.25) is 0 Å². The van der Waals surface area contributed by atoms with Crippen molar-refractivity contribution in [3.8, 4) is 16.5 Å². The van der Waals surface area contributed by atoms with Crippen molar-refractivity contribution in [1.29, 1.82) is 0 Å². The number of guanidine groups is 1. The van der Waals surface area contributed by atoms with E-state index < -0.39 is 0 Å². The number of thiophene rings is 1. The van der Waals surface area contributed by atoms with Crippen LogP contribution in [0.5, 0.6) is 5.75 Å². The van der Waals surface area contributed by atoms with E-state index in [4.69, 9.17) is 18.9 Å². The van der Waals surface area contributed by atoms with Gasteiger partial charge in [0.2, 0.25) is 5.89 Å². The van der Waals surface area contributed by atoms with Crippen LogP contribution >= 0.6 is 35.3 Å². The van der Waals surface area contributed by atoms with Crippen molar-refractivity contribution in [3.05, 3.63) is 58.8 Å². The number of benzene rings is 1. The molecule has 7 nitrogen and oxygen atoms in total. The fraction of sp³-hybridized carbons (Fsp3) is 0.391. The van der Waals surface area contributed by atoms with Gasteiger partial charge in [0, 0.05) is 18.5 Å². The Morgan fingerprint density at radius 3 is 2.97 bits per heavy atom. The van der Waals surface area contributed by atoms with Crippen molar-refractivity contribution in [3.63, 3.8) is 0 Å². The standard InChI is InChI=1S/C23H28N4O3S.HI/c1-3-24-23(26-13-18-14-29-22(27-18)21-5-4-10-31-21)25-12-17-7-6-16(2)11-20(17)30-19-8-9-28-15-19;/h4-7,10-11,14,19H,3,8-9,12-13,15H2,1-2H3,(H2,24,25,26);1H. The van der Waals surface area contributed by atoms with Crippen LogP contribution in [0.15, 0.2) is 51.4 Å². The Hall–Kier alpha value is -2.11. The molecule has 0 aliphatic carbocycles. The first kappa shape index (κ1) is 24.5. The molecule has 0 saturated carbocycles. The van der Waals surface area contributed by atoms with Crippen LogP contribution in [0.2, 0.25) is 0 Å². The van der Waals surface area contributed by atoms with Gasteiger partial charge in [0.05, 0.1) is 36.9 Å². The summed E-state index contributed by atoms with van der Waals surface area (Å²) in [6.45, 7) is 7.32. The molecule has 0 amide bonds. The second kappa shape index (κ2) is 12.2. The number of nitrogens with zero attached hydrogens (tertiary/aromatic N) is 2. The average Bonchev–Trinajstić information content (AvgIpc) is 3.53. The Bertz CT molecular complexity index is 1000. The third kappa shape index (κ3) is 6.69. The number of oxazole rings is 1. The van der Waals surface area contributed by atoms with Crippen LogP contribution in [0, 0.1) is 6.92 Å². The molecule has 1 saturated heterocycles. The molecule has 3 heterocycles. The summed E-state index contributed by atoms with van der Waals surface area (Å²) in [7, 11) is 0. The molecule has 1 unspecified atom stereocenters. The molecule has 1 atom stereocenters.